The van der Waals surface area contributed by atoms with Crippen LogP contribution >= 0.6 is 0 Å². The van der Waals surface area contributed by atoms with Crippen LogP contribution in [0.4, 0.5) is 0 Å². The molecule has 2 N–H and O–H groups in total. The minimum absolute atomic E-state index is 0.145. The van der Waals surface area contributed by atoms with E-state index in [1.54, 1.807) is 0 Å². The van der Waals surface area contributed by atoms with E-state index in [0.717, 1.165) is 6.42 Å². The molecule has 1 saturated carbocycles. The summed E-state index contributed by atoms with van der Waals surface area (Å²) in [5, 5.41) is 9.42. The first-order chi connectivity index (χ1) is 8.48. The molecule has 0 saturated heterocycles. The Morgan fingerprint density at radius 2 is 2.11 bits per heavy atom. The topological polar surface area (TPSA) is 70.7 Å². The number of nitrogens with zero attached hydrogens (tertiary/aromatic N) is 2. The van der Waals surface area contributed by atoms with E-state index in [4.69, 9.17) is 0 Å². The molecule has 1 heterocycles. The van der Waals surface area contributed by atoms with Crippen molar-refractivity contribution in [3.05, 3.63) is 12.2 Å². The van der Waals surface area contributed by atoms with Crippen molar-refractivity contribution in [2.24, 2.45) is 11.3 Å². The summed E-state index contributed by atoms with van der Waals surface area (Å²) in [6.07, 6.45) is 6.05. The third kappa shape index (κ3) is 2.89. The summed E-state index contributed by atoms with van der Waals surface area (Å²) in [5.74, 6) is 0.681. The van der Waals surface area contributed by atoms with Crippen LogP contribution in [0.5, 0.6) is 0 Å². The van der Waals surface area contributed by atoms with Crippen LogP contribution in [0.3, 0.4) is 0 Å². The van der Waals surface area contributed by atoms with Gasteiger partial charge < -0.3 is 5.32 Å². The number of aromatic amines is 1. The number of nitrogens with one attached hydrogen (secondary N) is 2. The SMILES string of the molecule is CC(C)(C)C1CCCCC1NC(=O)c1ncn[nH]1. The van der Waals surface area contributed by atoms with Gasteiger partial charge in [-0.1, -0.05) is 33.6 Å². The molecule has 1 aliphatic carbocycles. The monoisotopic (exact) mass is 250 g/mol. The minimum Gasteiger partial charge on any atom is -0.346 e. The van der Waals surface area contributed by atoms with Crippen molar-refractivity contribution in [1.29, 1.82) is 0 Å². The zero-order valence-electron chi connectivity index (χ0n) is 11.4. The molecule has 100 valence electrons. The van der Waals surface area contributed by atoms with E-state index in [0.29, 0.717) is 11.7 Å². The van der Waals surface area contributed by atoms with Crippen molar-refractivity contribution in [3.63, 3.8) is 0 Å². The second-order valence-corrected chi connectivity index (χ2v) is 6.17. The minimum atomic E-state index is -0.145. The number of hydrogen-bond acceptors (Lipinski definition) is 3. The van der Waals surface area contributed by atoms with E-state index >= 15 is 0 Å². The number of H-pyrrole nitrogens is 1. The van der Waals surface area contributed by atoms with Crippen molar-refractivity contribution in [2.75, 3.05) is 0 Å². The largest absolute Gasteiger partial charge is 0.346 e. The van der Waals surface area contributed by atoms with E-state index in [1.807, 2.05) is 0 Å². The maximum absolute atomic E-state index is 12.0. The molecule has 0 aromatic carbocycles. The van der Waals surface area contributed by atoms with Gasteiger partial charge in [-0.05, 0) is 24.2 Å². The lowest BCUT2D eigenvalue weighted by atomic mass is 9.69. The van der Waals surface area contributed by atoms with Gasteiger partial charge in [-0.2, -0.15) is 5.10 Å². The molecular weight excluding hydrogens is 228 g/mol. The highest BCUT2D eigenvalue weighted by Crippen LogP contribution is 2.37. The number of carbonyl (C=O) groups is 1. The molecular formula is C13H22N4O. The molecule has 5 heteroatoms. The highest BCUT2D eigenvalue weighted by molar-refractivity contribution is 5.90. The molecule has 0 bridgehead atoms. The van der Waals surface area contributed by atoms with Crippen molar-refractivity contribution in [3.8, 4) is 0 Å². The van der Waals surface area contributed by atoms with E-state index in [1.165, 1.54) is 25.6 Å². The predicted octanol–water partition coefficient (Wildman–Crippen LogP) is 2.14. The van der Waals surface area contributed by atoms with Gasteiger partial charge in [0.15, 0.2) is 0 Å². The van der Waals surface area contributed by atoms with Gasteiger partial charge in [0.25, 0.3) is 5.91 Å². The summed E-state index contributed by atoms with van der Waals surface area (Å²) in [6.45, 7) is 6.74. The second-order valence-electron chi connectivity index (χ2n) is 6.17. The molecule has 0 spiro atoms. The number of amides is 1. The number of carbonyl (C=O) groups excluding carboxylic acids is 1. The van der Waals surface area contributed by atoms with Crippen LogP contribution in [0, 0.1) is 11.3 Å². The summed E-state index contributed by atoms with van der Waals surface area (Å²) in [4.78, 5) is 15.9. The lowest BCUT2D eigenvalue weighted by Crippen LogP contribution is -2.46. The molecule has 2 rings (SSSR count). The van der Waals surface area contributed by atoms with E-state index in [-0.39, 0.29) is 17.4 Å². The van der Waals surface area contributed by atoms with Crippen LogP contribution in [0.15, 0.2) is 6.33 Å². The highest BCUT2D eigenvalue weighted by atomic mass is 16.2. The average Bonchev–Trinajstić information content (AvgIpc) is 2.81. The van der Waals surface area contributed by atoms with Crippen LogP contribution in [0.1, 0.15) is 57.1 Å². The van der Waals surface area contributed by atoms with Crippen molar-refractivity contribution >= 4 is 5.91 Å². The Balaban J connectivity index is 2.04. The average molecular weight is 250 g/mol. The lowest BCUT2D eigenvalue weighted by Gasteiger charge is -2.40. The Bertz CT molecular complexity index is 394. The van der Waals surface area contributed by atoms with Gasteiger partial charge >= 0.3 is 0 Å². The maximum Gasteiger partial charge on any atom is 0.288 e. The van der Waals surface area contributed by atoms with E-state index in [2.05, 4.69) is 41.3 Å². The molecule has 18 heavy (non-hydrogen) atoms. The molecule has 1 fully saturated rings. The van der Waals surface area contributed by atoms with Gasteiger partial charge in [-0.3, -0.25) is 9.89 Å². The fourth-order valence-electron chi connectivity index (χ4n) is 2.89. The Kier molecular flexibility index (Phi) is 3.68. The highest BCUT2D eigenvalue weighted by Gasteiger charge is 2.35. The van der Waals surface area contributed by atoms with Gasteiger partial charge in [-0.15, -0.1) is 0 Å². The first-order valence-corrected chi connectivity index (χ1v) is 6.64. The molecule has 2 unspecified atom stereocenters. The number of aromatic nitrogens is 3. The van der Waals surface area contributed by atoms with Gasteiger partial charge in [0, 0.05) is 6.04 Å². The summed E-state index contributed by atoms with van der Waals surface area (Å²) in [5.41, 5.74) is 0.222. The summed E-state index contributed by atoms with van der Waals surface area (Å²) in [7, 11) is 0. The Morgan fingerprint density at radius 1 is 1.39 bits per heavy atom. The van der Waals surface area contributed by atoms with Crippen molar-refractivity contribution in [2.45, 2.75) is 52.5 Å². The molecule has 0 aliphatic heterocycles. The zero-order valence-corrected chi connectivity index (χ0v) is 11.4. The summed E-state index contributed by atoms with van der Waals surface area (Å²) in [6, 6.07) is 0.247. The van der Waals surface area contributed by atoms with Crippen LogP contribution in [-0.4, -0.2) is 27.1 Å². The molecule has 5 nitrogen and oxygen atoms in total. The molecule has 1 aromatic heterocycles. The maximum atomic E-state index is 12.0. The predicted molar refractivity (Wildman–Crippen MR) is 69.0 cm³/mol. The van der Waals surface area contributed by atoms with Gasteiger partial charge in [0.05, 0.1) is 0 Å². The van der Waals surface area contributed by atoms with Gasteiger partial charge in [-0.25, -0.2) is 4.98 Å². The lowest BCUT2D eigenvalue weighted by molar-refractivity contribution is 0.0820. The van der Waals surface area contributed by atoms with E-state index in [9.17, 15) is 4.79 Å². The first-order valence-electron chi connectivity index (χ1n) is 6.64. The third-order valence-electron chi connectivity index (χ3n) is 3.82. The van der Waals surface area contributed by atoms with Gasteiger partial charge in [0.2, 0.25) is 5.82 Å². The van der Waals surface area contributed by atoms with E-state index < -0.39 is 0 Å². The third-order valence-corrected chi connectivity index (χ3v) is 3.82. The summed E-state index contributed by atoms with van der Waals surface area (Å²) >= 11 is 0. The Morgan fingerprint density at radius 3 is 2.72 bits per heavy atom. The molecule has 1 aliphatic rings. The van der Waals surface area contributed by atoms with Crippen LogP contribution in [-0.2, 0) is 0 Å². The first kappa shape index (κ1) is 13.1. The summed E-state index contributed by atoms with van der Waals surface area (Å²) < 4.78 is 0. The van der Waals surface area contributed by atoms with Gasteiger partial charge in [0.1, 0.15) is 6.33 Å². The number of rotatable bonds is 2. The molecule has 0 radical (unpaired) electrons. The smallest absolute Gasteiger partial charge is 0.288 e. The second kappa shape index (κ2) is 5.08. The fourth-order valence-corrected chi connectivity index (χ4v) is 2.89. The van der Waals surface area contributed by atoms with Crippen molar-refractivity contribution < 1.29 is 4.79 Å². The molecule has 1 amide bonds. The standard InChI is InChI=1S/C13H22N4O/c1-13(2,3)9-6-4-5-7-10(9)16-12(18)11-14-8-15-17-11/h8-10H,4-7H2,1-3H3,(H,16,18)(H,14,15,17). The van der Waals surface area contributed by atoms with Crippen LogP contribution in [0.25, 0.3) is 0 Å². The van der Waals surface area contributed by atoms with Crippen LogP contribution in [0.2, 0.25) is 0 Å². The quantitative estimate of drug-likeness (QED) is 0.844. The Labute approximate surface area is 108 Å². The van der Waals surface area contributed by atoms with Crippen molar-refractivity contribution in [1.82, 2.24) is 20.5 Å². The molecule has 1 aromatic rings. The Hall–Kier alpha value is -1.39. The molecule has 2 atom stereocenters. The number of hydrogen-bond donors (Lipinski definition) is 2. The zero-order chi connectivity index (χ0) is 13.2. The normalized spacial score (nSPS) is 24.8. The van der Waals surface area contributed by atoms with Crippen LogP contribution < -0.4 is 5.32 Å². The fraction of sp³-hybridized carbons (Fsp3) is 0.769.